The molecule has 0 aromatic heterocycles. The fourth-order valence-electron chi connectivity index (χ4n) is 7.18. The van der Waals surface area contributed by atoms with Crippen LogP contribution in [0.15, 0.2) is 35.8 Å². The lowest BCUT2D eigenvalue weighted by molar-refractivity contribution is -0.181. The van der Waals surface area contributed by atoms with Crippen LogP contribution in [0, 0.1) is 33.0 Å². The molecule has 47 heavy (non-hydrogen) atoms. The van der Waals surface area contributed by atoms with Crippen molar-refractivity contribution in [3.05, 3.63) is 35.8 Å². The number of carbonyl (C=O) groups excluding carboxylic acids is 5. The highest BCUT2D eigenvalue weighted by Gasteiger charge is 2.58. The minimum atomic E-state index is -4.38. The van der Waals surface area contributed by atoms with E-state index in [0.717, 1.165) is 12.2 Å². The lowest BCUT2D eigenvalue weighted by Crippen LogP contribution is -2.55. The van der Waals surface area contributed by atoms with Gasteiger partial charge in [-0.3, -0.25) is 24.0 Å². The normalized spacial score (nSPS) is 17.4. The van der Waals surface area contributed by atoms with Crippen molar-refractivity contribution in [3.8, 4) is 0 Å². The summed E-state index contributed by atoms with van der Waals surface area (Å²) in [6.45, 7) is 28.1. The van der Waals surface area contributed by atoms with Gasteiger partial charge in [-0.25, -0.2) is 8.42 Å². The molecule has 0 N–H and O–H groups in total. The number of rotatable bonds is 15. The van der Waals surface area contributed by atoms with Gasteiger partial charge in [-0.15, -0.1) is 0 Å². The summed E-state index contributed by atoms with van der Waals surface area (Å²) in [6.07, 6.45) is 1.82. The summed E-state index contributed by atoms with van der Waals surface area (Å²) < 4.78 is 41.4. The summed E-state index contributed by atoms with van der Waals surface area (Å²) in [5.74, 6) is -3.91. The summed E-state index contributed by atoms with van der Waals surface area (Å²) in [5, 5.41) is 0. The molecule has 1 rings (SSSR count). The van der Waals surface area contributed by atoms with E-state index >= 15 is 0 Å². The Hall–Kier alpha value is -3.28. The van der Waals surface area contributed by atoms with Gasteiger partial charge in [-0.05, 0) is 47.5 Å². The van der Waals surface area contributed by atoms with Crippen LogP contribution in [0.25, 0.3) is 0 Å². The van der Waals surface area contributed by atoms with Gasteiger partial charge in [0.1, 0.15) is 18.1 Å². The number of hydrogen-bond donors (Lipinski definition) is 0. The first-order valence-corrected chi connectivity index (χ1v) is 17.1. The lowest BCUT2D eigenvalue weighted by atomic mass is 9.49. The van der Waals surface area contributed by atoms with Crippen molar-refractivity contribution in [2.75, 3.05) is 20.3 Å². The highest BCUT2D eigenvalue weighted by molar-refractivity contribution is 7.94. The molecule has 1 heterocycles. The number of methoxy groups -OCH3 is 1. The van der Waals surface area contributed by atoms with E-state index in [4.69, 9.17) is 14.2 Å². The Morgan fingerprint density at radius 1 is 0.851 bits per heavy atom. The quantitative estimate of drug-likeness (QED) is 0.116. The smallest absolute Gasteiger partial charge is 0.312 e. The van der Waals surface area contributed by atoms with Gasteiger partial charge < -0.3 is 14.2 Å². The average Bonchev–Trinajstić information content (AvgIpc) is 3.10. The van der Waals surface area contributed by atoms with E-state index in [-0.39, 0.29) is 41.9 Å². The molecule has 11 nitrogen and oxygen atoms in total. The van der Waals surface area contributed by atoms with Crippen molar-refractivity contribution in [2.24, 2.45) is 33.0 Å². The molecule has 2 atom stereocenters. The van der Waals surface area contributed by atoms with E-state index in [9.17, 15) is 32.4 Å². The van der Waals surface area contributed by atoms with Gasteiger partial charge in [0.2, 0.25) is 5.91 Å². The van der Waals surface area contributed by atoms with Crippen LogP contribution < -0.4 is 0 Å². The van der Waals surface area contributed by atoms with Crippen molar-refractivity contribution < 1.29 is 46.6 Å². The first kappa shape index (κ1) is 41.7. The molecule has 2 amide bonds. The van der Waals surface area contributed by atoms with Crippen LogP contribution in [0.2, 0.25) is 0 Å². The number of sulfonamides is 1. The second-order valence-electron chi connectivity index (χ2n) is 15.6. The number of ether oxygens (including phenoxy) is 3. The summed E-state index contributed by atoms with van der Waals surface area (Å²) >= 11 is 0. The predicted octanol–water partition coefficient (Wildman–Crippen LogP) is 5.90. The molecule has 0 aromatic carbocycles. The fraction of sp³-hybridized carbons (Fsp3) is 0.686. The molecule has 0 spiro atoms. The standard InChI is InChI=1S/C35H55NO10S/c1-15-23-24(16-2)47(42,43)36(28(23)39)25(37)18-17-19-26(38)45-20-21-46-30(41)35(13,32(6,7)8)34(11,12)22-33(9,10)27(29(40)44-14)31(3,4)5/h15-16,27H,1-2,17-22H2,3-14H3. The largest absolute Gasteiger partial charge is 0.469 e. The minimum Gasteiger partial charge on any atom is -0.469 e. The van der Waals surface area contributed by atoms with Crippen LogP contribution in [-0.2, 0) is 48.2 Å². The Bertz CT molecular complexity index is 1410. The van der Waals surface area contributed by atoms with E-state index in [2.05, 4.69) is 13.2 Å². The summed E-state index contributed by atoms with van der Waals surface area (Å²) in [6, 6.07) is 0. The maximum atomic E-state index is 13.8. The van der Waals surface area contributed by atoms with E-state index < -0.39 is 78.1 Å². The molecule has 0 radical (unpaired) electrons. The van der Waals surface area contributed by atoms with Crippen molar-refractivity contribution in [1.29, 1.82) is 0 Å². The van der Waals surface area contributed by atoms with E-state index in [1.54, 1.807) is 0 Å². The maximum Gasteiger partial charge on any atom is 0.312 e. The molecule has 266 valence electrons. The zero-order valence-electron chi connectivity index (χ0n) is 30.3. The highest BCUT2D eigenvalue weighted by Crippen LogP contribution is 2.58. The van der Waals surface area contributed by atoms with Crippen LogP contribution in [0.3, 0.4) is 0 Å². The molecule has 0 fully saturated rings. The zero-order chi connectivity index (χ0) is 37.0. The van der Waals surface area contributed by atoms with Crippen LogP contribution in [0.4, 0.5) is 0 Å². The number of allylic oxidation sites excluding steroid dienone is 1. The monoisotopic (exact) mass is 681 g/mol. The topological polar surface area (TPSA) is 150 Å². The zero-order valence-corrected chi connectivity index (χ0v) is 31.1. The first-order chi connectivity index (χ1) is 21.2. The molecule has 1 aliphatic heterocycles. The van der Waals surface area contributed by atoms with Gasteiger partial charge in [-0.2, -0.15) is 4.31 Å². The molecule has 12 heteroatoms. The Morgan fingerprint density at radius 2 is 1.38 bits per heavy atom. The van der Waals surface area contributed by atoms with Crippen molar-refractivity contribution >= 4 is 39.7 Å². The molecular formula is C35H55NO10S. The molecule has 2 unspecified atom stereocenters. The molecule has 0 aliphatic carbocycles. The second-order valence-corrected chi connectivity index (χ2v) is 17.4. The van der Waals surface area contributed by atoms with Gasteiger partial charge in [0.05, 0.1) is 24.0 Å². The van der Waals surface area contributed by atoms with Gasteiger partial charge in [0, 0.05) is 12.8 Å². The van der Waals surface area contributed by atoms with Gasteiger partial charge in [0.25, 0.3) is 15.9 Å². The third kappa shape index (κ3) is 8.80. The van der Waals surface area contributed by atoms with Gasteiger partial charge in [-0.1, -0.05) is 88.5 Å². The highest BCUT2D eigenvalue weighted by atomic mass is 32.2. The van der Waals surface area contributed by atoms with Crippen LogP contribution in [-0.4, -0.2) is 62.8 Å². The summed E-state index contributed by atoms with van der Waals surface area (Å²) in [7, 11) is -3.01. The molecular weight excluding hydrogens is 626 g/mol. The van der Waals surface area contributed by atoms with Gasteiger partial charge in [0.15, 0.2) is 0 Å². The number of amides is 2. The number of hydrogen-bond acceptors (Lipinski definition) is 10. The summed E-state index contributed by atoms with van der Waals surface area (Å²) in [4.78, 5) is 63.7. The number of esters is 3. The lowest BCUT2D eigenvalue weighted by Gasteiger charge is -2.54. The second kappa shape index (κ2) is 14.9. The average molecular weight is 682 g/mol. The minimum absolute atomic E-state index is 0.0726. The van der Waals surface area contributed by atoms with E-state index in [1.165, 1.54) is 7.11 Å². The molecule has 0 saturated heterocycles. The van der Waals surface area contributed by atoms with Gasteiger partial charge >= 0.3 is 17.9 Å². The first-order valence-electron chi connectivity index (χ1n) is 15.7. The van der Waals surface area contributed by atoms with E-state index in [1.807, 2.05) is 76.2 Å². The van der Waals surface area contributed by atoms with Crippen LogP contribution in [0.1, 0.15) is 102 Å². The Labute approximate surface area is 281 Å². The third-order valence-electron chi connectivity index (χ3n) is 9.41. The summed E-state index contributed by atoms with van der Waals surface area (Å²) in [5.41, 5.74) is -3.44. The number of imide groups is 1. The Morgan fingerprint density at radius 3 is 1.81 bits per heavy atom. The molecule has 0 bridgehead atoms. The maximum absolute atomic E-state index is 13.8. The third-order valence-corrected chi connectivity index (χ3v) is 11.2. The molecule has 0 aromatic rings. The molecule has 0 saturated carbocycles. The van der Waals surface area contributed by atoms with Crippen molar-refractivity contribution in [2.45, 2.75) is 102 Å². The SMILES string of the molecule is C=CC1=C(C=C)S(=O)(=O)N(C(=O)CCCC(=O)OCCOC(=O)C(C)(C(C)(C)C)C(C)(C)CC(C)(C)C(C(=O)OC)C(C)(C)C)C1=O. The van der Waals surface area contributed by atoms with Crippen molar-refractivity contribution in [3.63, 3.8) is 0 Å². The number of carbonyl (C=O) groups is 5. The van der Waals surface area contributed by atoms with E-state index in [0.29, 0.717) is 6.42 Å². The molecule has 1 aliphatic rings. The fourth-order valence-corrected chi connectivity index (χ4v) is 8.71. The van der Waals surface area contributed by atoms with Crippen LogP contribution >= 0.6 is 0 Å². The number of nitrogens with zero attached hydrogens (tertiary/aromatic N) is 1. The van der Waals surface area contributed by atoms with Crippen molar-refractivity contribution in [1.82, 2.24) is 4.31 Å². The Balaban J connectivity index is 2.87. The predicted molar refractivity (Wildman–Crippen MR) is 179 cm³/mol. The van der Waals surface area contributed by atoms with Crippen LogP contribution in [0.5, 0.6) is 0 Å². The Kier molecular flexibility index (Phi) is 13.2.